The van der Waals surface area contributed by atoms with Gasteiger partial charge in [-0.15, -0.1) is 0 Å². The van der Waals surface area contributed by atoms with Crippen LogP contribution in [0.5, 0.6) is 5.75 Å². The van der Waals surface area contributed by atoms with Gasteiger partial charge in [0.05, 0.1) is 0 Å². The van der Waals surface area contributed by atoms with Gasteiger partial charge >= 0.3 is 6.61 Å². The van der Waals surface area contributed by atoms with Crippen molar-refractivity contribution in [3.63, 3.8) is 0 Å². The Hall–Kier alpha value is -1.90. The highest BCUT2D eigenvalue weighted by atomic mass is 19.3. The van der Waals surface area contributed by atoms with Gasteiger partial charge in [0, 0.05) is 5.92 Å². The van der Waals surface area contributed by atoms with Crippen molar-refractivity contribution in [3.05, 3.63) is 60.0 Å². The first-order valence-electron chi connectivity index (χ1n) is 11.7. The van der Waals surface area contributed by atoms with Gasteiger partial charge in [0.25, 0.3) is 0 Å². The second-order valence-electron chi connectivity index (χ2n) is 8.58. The van der Waals surface area contributed by atoms with Crippen LogP contribution < -0.4 is 4.74 Å². The van der Waals surface area contributed by atoms with E-state index in [1.54, 1.807) is 18.1 Å². The van der Waals surface area contributed by atoms with Crippen LogP contribution in [0.1, 0.15) is 83.1 Å². The second kappa shape index (κ2) is 12.1. The van der Waals surface area contributed by atoms with Crippen LogP contribution in [-0.2, 0) is 0 Å². The zero-order valence-electron chi connectivity index (χ0n) is 18.2. The quantitative estimate of drug-likeness (QED) is 0.334. The molecule has 0 unspecified atom stereocenters. The van der Waals surface area contributed by atoms with Crippen molar-refractivity contribution in [2.24, 2.45) is 5.92 Å². The molecule has 1 aliphatic carbocycles. The van der Waals surface area contributed by atoms with Gasteiger partial charge in [-0.1, -0.05) is 88.3 Å². The first-order chi connectivity index (χ1) is 14.7. The van der Waals surface area contributed by atoms with Gasteiger partial charge < -0.3 is 4.74 Å². The summed E-state index contributed by atoms with van der Waals surface area (Å²) in [4.78, 5) is 0. The molecule has 2 aromatic rings. The number of halogens is 2. The minimum Gasteiger partial charge on any atom is -0.435 e. The highest BCUT2D eigenvalue weighted by molar-refractivity contribution is 5.65. The van der Waals surface area contributed by atoms with Crippen LogP contribution in [-0.4, -0.2) is 6.61 Å². The van der Waals surface area contributed by atoms with Crippen molar-refractivity contribution < 1.29 is 13.5 Å². The summed E-state index contributed by atoms with van der Waals surface area (Å²) in [6, 6.07) is 15.5. The molecule has 2 aromatic carbocycles. The maximum Gasteiger partial charge on any atom is 0.387 e. The van der Waals surface area contributed by atoms with E-state index in [4.69, 9.17) is 0 Å². The standard InChI is InChI=1S/C27H35F2O/c1-2-3-4-5-6-7-8-21-9-11-22(12-10-21)23-13-15-24(16-14-23)25-17-19-26(20-18-25)30-27(28)29/h13-21,27H,2-12H2,1H3. The van der Waals surface area contributed by atoms with Gasteiger partial charge in [-0.3, -0.25) is 0 Å². The largest absolute Gasteiger partial charge is 0.435 e. The fourth-order valence-electron chi connectivity index (χ4n) is 4.54. The molecule has 0 N–H and O–H groups in total. The number of hydrogen-bond donors (Lipinski definition) is 0. The summed E-state index contributed by atoms with van der Waals surface area (Å²) in [5.74, 6) is 2.69. The molecule has 1 fully saturated rings. The van der Waals surface area contributed by atoms with Crippen molar-refractivity contribution >= 4 is 0 Å². The number of ether oxygens (including phenoxy) is 1. The van der Waals surface area contributed by atoms with Crippen LogP contribution in [0.25, 0.3) is 11.1 Å². The second-order valence-corrected chi connectivity index (χ2v) is 8.58. The normalized spacial score (nSPS) is 15.6. The first kappa shape index (κ1) is 22.8. The molecule has 163 valence electrons. The minimum absolute atomic E-state index is 0.193. The van der Waals surface area contributed by atoms with E-state index in [2.05, 4.69) is 35.9 Å². The van der Waals surface area contributed by atoms with Crippen LogP contribution in [0.3, 0.4) is 0 Å². The predicted molar refractivity (Wildman–Crippen MR) is 121 cm³/mol. The Bertz CT molecular complexity index is 716. The van der Waals surface area contributed by atoms with Crippen LogP contribution in [0.4, 0.5) is 8.78 Å². The van der Waals surface area contributed by atoms with E-state index >= 15 is 0 Å². The Labute approximate surface area is 180 Å². The van der Waals surface area contributed by atoms with Crippen LogP contribution >= 0.6 is 0 Å². The molecule has 1 nitrogen and oxygen atoms in total. The predicted octanol–water partition coefficient (Wildman–Crippen LogP) is 8.82. The molecular formula is C27H35F2O. The fraction of sp³-hybridized carbons (Fsp3) is 0.519. The summed E-state index contributed by atoms with van der Waals surface area (Å²) in [6.07, 6.45) is 14.8. The molecule has 1 saturated carbocycles. The monoisotopic (exact) mass is 413 g/mol. The van der Waals surface area contributed by atoms with E-state index in [0.717, 1.165) is 17.0 Å². The lowest BCUT2D eigenvalue weighted by Gasteiger charge is -2.28. The average molecular weight is 414 g/mol. The Morgan fingerprint density at radius 1 is 0.767 bits per heavy atom. The molecule has 1 radical (unpaired) electrons. The van der Waals surface area contributed by atoms with Crippen molar-refractivity contribution in [1.82, 2.24) is 0 Å². The van der Waals surface area contributed by atoms with E-state index in [1.165, 1.54) is 76.2 Å². The SMILES string of the molecule is CCCCCCCCC1CC[C](c2ccc(-c3ccc(OC(F)F)cc3)cc2)CC1. The Balaban J connectivity index is 1.43. The van der Waals surface area contributed by atoms with Crippen molar-refractivity contribution in [3.8, 4) is 16.9 Å². The molecule has 30 heavy (non-hydrogen) atoms. The topological polar surface area (TPSA) is 9.23 Å². The Morgan fingerprint density at radius 3 is 1.90 bits per heavy atom. The minimum atomic E-state index is -2.78. The van der Waals surface area contributed by atoms with Gasteiger partial charge in [0.2, 0.25) is 0 Å². The summed E-state index contributed by atoms with van der Waals surface area (Å²) in [5, 5.41) is 0. The molecule has 3 heteroatoms. The summed E-state index contributed by atoms with van der Waals surface area (Å²) in [7, 11) is 0. The maximum absolute atomic E-state index is 12.3. The zero-order valence-corrected chi connectivity index (χ0v) is 18.2. The lowest BCUT2D eigenvalue weighted by atomic mass is 9.77. The Kier molecular flexibility index (Phi) is 9.17. The zero-order chi connectivity index (χ0) is 21.2. The number of benzene rings is 2. The average Bonchev–Trinajstić information content (AvgIpc) is 2.77. The third-order valence-electron chi connectivity index (χ3n) is 6.38. The van der Waals surface area contributed by atoms with Gasteiger partial charge in [-0.05, 0) is 60.4 Å². The number of alkyl halides is 2. The molecule has 0 atom stereocenters. The van der Waals surface area contributed by atoms with Gasteiger partial charge in [0.1, 0.15) is 5.75 Å². The fourth-order valence-corrected chi connectivity index (χ4v) is 4.54. The molecule has 0 spiro atoms. The molecular weight excluding hydrogens is 378 g/mol. The van der Waals surface area contributed by atoms with E-state index in [9.17, 15) is 8.78 Å². The molecule has 0 saturated heterocycles. The van der Waals surface area contributed by atoms with E-state index in [-0.39, 0.29) is 5.75 Å². The lowest BCUT2D eigenvalue weighted by Crippen LogP contribution is -2.14. The first-order valence-corrected chi connectivity index (χ1v) is 11.7. The molecule has 0 aliphatic heterocycles. The summed E-state index contributed by atoms with van der Waals surface area (Å²) < 4.78 is 29.0. The highest BCUT2D eigenvalue weighted by Gasteiger charge is 2.22. The van der Waals surface area contributed by atoms with Gasteiger partial charge in [-0.25, -0.2) is 0 Å². The number of rotatable bonds is 11. The third kappa shape index (κ3) is 7.11. The lowest BCUT2D eigenvalue weighted by molar-refractivity contribution is -0.0498. The smallest absolute Gasteiger partial charge is 0.387 e. The van der Waals surface area contributed by atoms with E-state index in [0.29, 0.717) is 0 Å². The number of hydrogen-bond acceptors (Lipinski definition) is 1. The third-order valence-corrected chi connectivity index (χ3v) is 6.38. The van der Waals surface area contributed by atoms with E-state index in [1.807, 2.05) is 12.1 Å². The summed E-state index contributed by atoms with van der Waals surface area (Å²) in [5.41, 5.74) is 3.46. The van der Waals surface area contributed by atoms with Crippen LogP contribution in [0, 0.1) is 11.8 Å². The summed E-state index contributed by atoms with van der Waals surface area (Å²) >= 11 is 0. The number of unbranched alkanes of at least 4 members (excludes halogenated alkanes) is 5. The molecule has 0 aromatic heterocycles. The Morgan fingerprint density at radius 2 is 1.30 bits per heavy atom. The van der Waals surface area contributed by atoms with Crippen LogP contribution in [0.15, 0.2) is 48.5 Å². The van der Waals surface area contributed by atoms with Crippen molar-refractivity contribution in [1.29, 1.82) is 0 Å². The van der Waals surface area contributed by atoms with Crippen molar-refractivity contribution in [2.75, 3.05) is 0 Å². The summed E-state index contributed by atoms with van der Waals surface area (Å²) in [6.45, 7) is -0.511. The van der Waals surface area contributed by atoms with Crippen LogP contribution in [0.2, 0.25) is 0 Å². The van der Waals surface area contributed by atoms with Gasteiger partial charge in [-0.2, -0.15) is 8.78 Å². The highest BCUT2D eigenvalue weighted by Crippen LogP contribution is 2.37. The van der Waals surface area contributed by atoms with Crippen molar-refractivity contribution in [2.45, 2.75) is 84.2 Å². The molecule has 1 aliphatic rings. The molecule has 3 rings (SSSR count). The molecule has 0 amide bonds. The molecule has 0 heterocycles. The maximum atomic E-state index is 12.3. The molecule has 0 bridgehead atoms. The van der Waals surface area contributed by atoms with E-state index < -0.39 is 6.61 Å². The van der Waals surface area contributed by atoms with Gasteiger partial charge in [0.15, 0.2) is 0 Å².